The second-order valence-electron chi connectivity index (χ2n) is 9.95. The maximum atomic E-state index is 13.0. The first-order valence-corrected chi connectivity index (χ1v) is 13.9. The normalized spacial score (nSPS) is 19.0. The summed E-state index contributed by atoms with van der Waals surface area (Å²) in [5.41, 5.74) is 17.5. The van der Waals surface area contributed by atoms with Crippen LogP contribution in [-0.2, 0) is 0 Å². The molecule has 3 fully saturated rings. The van der Waals surface area contributed by atoms with Gasteiger partial charge >= 0.3 is 29.6 Å². The van der Waals surface area contributed by atoms with Gasteiger partial charge in [0.1, 0.15) is 0 Å². The van der Waals surface area contributed by atoms with Gasteiger partial charge in [0.05, 0.1) is 5.69 Å². The Balaban J connectivity index is -0.000000631. The molecule has 3 aliphatic heterocycles. The molecule has 0 amide bonds. The second kappa shape index (κ2) is 25.6. The number of nitriles is 3. The first kappa shape index (κ1) is 50.0. The number of aliphatic imine (C=N–C) groups is 3. The maximum Gasteiger partial charge on any atom is 1.00 e. The van der Waals surface area contributed by atoms with Gasteiger partial charge in [-0.15, -0.1) is 29.8 Å². The van der Waals surface area contributed by atoms with E-state index in [0.29, 0.717) is 18.8 Å². The van der Waals surface area contributed by atoms with E-state index in [1.54, 1.807) is 17.0 Å². The Morgan fingerprint density at radius 2 is 1.12 bits per heavy atom. The molecule has 13 nitrogen and oxygen atoms in total. The summed E-state index contributed by atoms with van der Waals surface area (Å²) in [6, 6.07) is 9.07. The summed E-state index contributed by atoms with van der Waals surface area (Å²) < 4.78 is 75.7. The molecule has 4 rings (SSSR count). The van der Waals surface area contributed by atoms with Crippen LogP contribution in [0.25, 0.3) is 5.32 Å². The van der Waals surface area contributed by atoms with Crippen molar-refractivity contribution < 1.29 is 55.9 Å². The van der Waals surface area contributed by atoms with Gasteiger partial charge in [0.15, 0.2) is 5.96 Å². The number of hydrogen-bond donors (Lipinski definition) is 4. The van der Waals surface area contributed by atoms with Crippen molar-refractivity contribution in [3.8, 4) is 18.6 Å². The van der Waals surface area contributed by atoms with Gasteiger partial charge in [-0.25, -0.2) is 31.3 Å². The fourth-order valence-electron chi connectivity index (χ4n) is 3.91. The van der Waals surface area contributed by atoms with Gasteiger partial charge in [0, 0.05) is 90.2 Å². The number of hydrogen-bond acceptors (Lipinski definition) is 6. The molecule has 0 saturated carbocycles. The summed E-state index contributed by atoms with van der Waals surface area (Å²) in [7, 11) is 0. The molecule has 22 heteroatoms. The van der Waals surface area contributed by atoms with Gasteiger partial charge in [-0.2, -0.15) is 10.3 Å². The van der Waals surface area contributed by atoms with E-state index in [9.17, 15) is 26.3 Å². The first-order chi connectivity index (χ1) is 21.6. The Labute approximate surface area is 315 Å². The molecule has 0 spiro atoms. The molecule has 49 heavy (non-hydrogen) atoms. The van der Waals surface area contributed by atoms with Crippen molar-refractivity contribution in [3.63, 3.8) is 0 Å². The van der Waals surface area contributed by atoms with E-state index in [0.717, 1.165) is 0 Å². The Morgan fingerprint density at radius 3 is 1.47 bits per heavy atom. The standard InChI is InChI=1S/C13H17F2N5.C7H10F2N4.C5H9F2N.C2N3.2ClH.Na/c14-13(15)6-8-20(9-7-13)12(17)19-11(16)18-10-4-2-1-3-5-10;8-7(9)1-3-13(4-2-7)6(11)12-5-10;6-5(7)1-3-8-4-2-5;3-1-5-2-4;;;/h1-5H,6-9H2,(H4,16,17,18,19);1-4H2,(H2,11,12);8H,1-4H2;;2*1H;/q;;;-1;;;+1. The molecule has 3 saturated heterocycles. The quantitative estimate of drug-likeness (QED) is 0.107. The SMILES string of the molecule is Cl.Cl.FC1(F)CCNCC1.N#CN=C(N)N1CCC(F)(F)CC1.N#C[N-]C#N.NC(=Nc1ccccc1)N=C(N)N1CCC(F)(F)CC1.[Na+]. The third-order valence-corrected chi connectivity index (χ3v) is 6.47. The molecule has 1 aromatic carbocycles. The summed E-state index contributed by atoms with van der Waals surface area (Å²) >= 11 is 0. The van der Waals surface area contributed by atoms with Crippen LogP contribution in [0.3, 0.4) is 0 Å². The molecular formula is C27H38Cl2F6N13Na. The number of piperidine rings is 3. The van der Waals surface area contributed by atoms with E-state index in [-0.39, 0.29) is 137 Å². The molecule has 0 bridgehead atoms. The average molecular weight is 753 g/mol. The number of nitrogens with zero attached hydrogens (tertiary/aromatic N) is 9. The number of halogens is 8. The van der Waals surface area contributed by atoms with Gasteiger partial charge in [0.2, 0.25) is 18.1 Å². The topological polar surface area (TPSA) is 219 Å². The summed E-state index contributed by atoms with van der Waals surface area (Å²) in [5.74, 6) is -7.43. The zero-order valence-corrected chi connectivity index (χ0v) is 30.3. The fraction of sp³-hybridized carbons (Fsp3) is 0.556. The van der Waals surface area contributed by atoms with Gasteiger partial charge in [-0.1, -0.05) is 18.2 Å². The monoisotopic (exact) mass is 751 g/mol. The zero-order valence-electron chi connectivity index (χ0n) is 26.7. The Hall–Kier alpha value is -3.38. The third-order valence-electron chi connectivity index (χ3n) is 6.47. The molecule has 0 aromatic heterocycles. The minimum Gasteiger partial charge on any atom is -0.385 e. The number of rotatable bonds is 1. The summed E-state index contributed by atoms with van der Waals surface area (Å²) in [6.45, 7) is 1.58. The van der Waals surface area contributed by atoms with E-state index >= 15 is 0 Å². The van der Waals surface area contributed by atoms with Crippen molar-refractivity contribution in [3.05, 3.63) is 35.6 Å². The second-order valence-corrected chi connectivity index (χ2v) is 9.95. The third kappa shape index (κ3) is 22.8. The van der Waals surface area contributed by atoms with Crippen molar-refractivity contribution in [2.75, 3.05) is 39.3 Å². The molecular weight excluding hydrogens is 714 g/mol. The zero-order chi connectivity index (χ0) is 34.6. The predicted octanol–water partition coefficient (Wildman–Crippen LogP) is 1.37. The number of guanidine groups is 3. The Morgan fingerprint density at radius 1 is 0.714 bits per heavy atom. The van der Waals surface area contributed by atoms with Crippen LogP contribution in [0.15, 0.2) is 45.3 Å². The minimum atomic E-state index is -2.61. The molecule has 0 atom stereocenters. The van der Waals surface area contributed by atoms with Crippen LogP contribution in [0.2, 0.25) is 0 Å². The van der Waals surface area contributed by atoms with E-state index in [2.05, 4.69) is 25.6 Å². The minimum absolute atomic E-state index is 0. The van der Waals surface area contributed by atoms with Crippen LogP contribution in [0.4, 0.5) is 32.0 Å². The number of likely N-dealkylation sites (tertiary alicyclic amines) is 2. The Bertz CT molecular complexity index is 1260. The largest absolute Gasteiger partial charge is 1.00 e. The molecule has 268 valence electrons. The van der Waals surface area contributed by atoms with Crippen molar-refractivity contribution >= 4 is 48.4 Å². The maximum absolute atomic E-state index is 13.0. The van der Waals surface area contributed by atoms with Gasteiger partial charge in [-0.3, -0.25) is 5.32 Å². The molecule has 3 heterocycles. The first-order valence-electron chi connectivity index (χ1n) is 13.9. The van der Waals surface area contributed by atoms with Gasteiger partial charge < -0.3 is 42.8 Å². The fourth-order valence-corrected chi connectivity index (χ4v) is 3.91. The van der Waals surface area contributed by atoms with E-state index < -0.39 is 17.8 Å². The van der Waals surface area contributed by atoms with Gasteiger partial charge in [-0.05, 0) is 12.1 Å². The van der Waals surface area contributed by atoms with E-state index in [1.165, 1.54) is 23.5 Å². The van der Waals surface area contributed by atoms with Crippen LogP contribution in [0, 0.1) is 34.4 Å². The molecule has 1 aromatic rings. The van der Waals surface area contributed by atoms with Crippen LogP contribution in [0.5, 0.6) is 0 Å². The molecule has 3 aliphatic rings. The molecule has 0 aliphatic carbocycles. The van der Waals surface area contributed by atoms with Crippen molar-refractivity contribution in [1.82, 2.24) is 15.1 Å². The molecule has 7 N–H and O–H groups in total. The number of nitrogens with one attached hydrogen (secondary N) is 1. The van der Waals surface area contributed by atoms with Crippen LogP contribution < -0.4 is 52.1 Å². The number of nitrogens with two attached hydrogens (primary N) is 3. The van der Waals surface area contributed by atoms with Crippen molar-refractivity contribution in [1.29, 1.82) is 15.8 Å². The smallest absolute Gasteiger partial charge is 0.385 e. The Kier molecular flexibility index (Phi) is 26.1. The van der Waals surface area contributed by atoms with Crippen LogP contribution in [0.1, 0.15) is 38.5 Å². The summed E-state index contributed by atoms with van der Waals surface area (Å²) in [5, 5.41) is 28.5. The summed E-state index contributed by atoms with van der Waals surface area (Å²) in [6.07, 6.45) is 3.19. The van der Waals surface area contributed by atoms with Crippen LogP contribution >= 0.6 is 24.8 Å². The number of benzene rings is 1. The van der Waals surface area contributed by atoms with Crippen molar-refractivity contribution in [2.24, 2.45) is 32.2 Å². The average Bonchev–Trinajstić information content (AvgIpc) is 2.99. The number of para-hydroxylation sites is 1. The van der Waals surface area contributed by atoms with E-state index in [4.69, 9.17) is 33.0 Å². The summed E-state index contributed by atoms with van der Waals surface area (Å²) in [4.78, 5) is 14.4. The predicted molar refractivity (Wildman–Crippen MR) is 174 cm³/mol. The van der Waals surface area contributed by atoms with Crippen molar-refractivity contribution in [2.45, 2.75) is 56.3 Å². The van der Waals surface area contributed by atoms with Crippen LogP contribution in [-0.4, -0.2) is 84.7 Å². The van der Waals surface area contributed by atoms with E-state index in [1.807, 2.05) is 18.2 Å². The van der Waals surface area contributed by atoms with Gasteiger partial charge in [0.25, 0.3) is 17.8 Å². The molecule has 0 radical (unpaired) electrons. The number of alkyl halides is 6. The molecule has 0 unspecified atom stereocenters.